The minimum atomic E-state index is -0.764. The summed E-state index contributed by atoms with van der Waals surface area (Å²) in [5, 5.41) is 0. The zero-order chi connectivity index (χ0) is 38.0. The van der Waals surface area contributed by atoms with Crippen LogP contribution in [0.1, 0.15) is 245 Å². The van der Waals surface area contributed by atoms with Gasteiger partial charge in [-0.15, -0.1) is 0 Å². The normalized spacial score (nSPS) is 12.0. The van der Waals surface area contributed by atoms with E-state index in [2.05, 4.69) is 32.9 Å². The van der Waals surface area contributed by atoms with Crippen molar-refractivity contribution in [2.45, 2.75) is 252 Å². The highest BCUT2D eigenvalue weighted by atomic mass is 16.6. The molecule has 0 saturated carbocycles. The first-order valence-electron chi connectivity index (χ1n) is 22.7. The molecule has 0 heterocycles. The molecule has 0 aromatic rings. The van der Waals surface area contributed by atoms with E-state index in [0.29, 0.717) is 19.3 Å². The molecule has 0 spiro atoms. The van der Waals surface area contributed by atoms with E-state index < -0.39 is 6.10 Å². The number of allylic oxidation sites excluding steroid dienone is 2. The second-order valence-electron chi connectivity index (χ2n) is 15.3. The van der Waals surface area contributed by atoms with Crippen LogP contribution >= 0.6 is 0 Å². The number of unbranched alkanes of at least 4 members (excludes halogenated alkanes) is 28. The Hall–Kier alpha value is -1.85. The van der Waals surface area contributed by atoms with E-state index in [0.717, 1.165) is 64.2 Å². The van der Waals surface area contributed by atoms with Gasteiger partial charge in [0.1, 0.15) is 13.2 Å². The Labute approximate surface area is 322 Å². The fraction of sp³-hybridized carbons (Fsp3) is 0.891. The number of carbonyl (C=O) groups excluding carboxylic acids is 3. The summed E-state index contributed by atoms with van der Waals surface area (Å²) in [5.74, 6) is -0.874. The first-order chi connectivity index (χ1) is 25.5. The van der Waals surface area contributed by atoms with Crippen LogP contribution in [0.3, 0.4) is 0 Å². The summed E-state index contributed by atoms with van der Waals surface area (Å²) in [4.78, 5) is 37.6. The summed E-state index contributed by atoms with van der Waals surface area (Å²) in [6.07, 6.45) is 43.3. The minimum absolute atomic E-state index is 0.0692. The van der Waals surface area contributed by atoms with Crippen molar-refractivity contribution in [2.75, 3.05) is 13.2 Å². The van der Waals surface area contributed by atoms with E-state index in [4.69, 9.17) is 14.2 Å². The number of rotatable bonds is 41. The highest BCUT2D eigenvalue weighted by Crippen LogP contribution is 2.15. The van der Waals surface area contributed by atoms with Crippen LogP contribution < -0.4 is 0 Å². The smallest absolute Gasteiger partial charge is 0.306 e. The lowest BCUT2D eigenvalue weighted by molar-refractivity contribution is -0.167. The van der Waals surface area contributed by atoms with E-state index in [1.807, 2.05) is 0 Å². The second-order valence-corrected chi connectivity index (χ2v) is 15.3. The number of esters is 3. The van der Waals surface area contributed by atoms with Crippen molar-refractivity contribution < 1.29 is 28.6 Å². The molecule has 0 aliphatic heterocycles. The van der Waals surface area contributed by atoms with Gasteiger partial charge in [-0.1, -0.05) is 200 Å². The third-order valence-electron chi connectivity index (χ3n) is 10.0. The van der Waals surface area contributed by atoms with Crippen molar-refractivity contribution in [1.82, 2.24) is 0 Å². The van der Waals surface area contributed by atoms with E-state index in [-0.39, 0.29) is 31.1 Å². The van der Waals surface area contributed by atoms with E-state index in [1.165, 1.54) is 141 Å². The van der Waals surface area contributed by atoms with Crippen molar-refractivity contribution >= 4 is 17.9 Å². The summed E-state index contributed by atoms with van der Waals surface area (Å²) < 4.78 is 16.7. The van der Waals surface area contributed by atoms with Crippen LogP contribution in [0, 0.1) is 0 Å². The van der Waals surface area contributed by atoms with Crippen LogP contribution in [-0.4, -0.2) is 37.2 Å². The van der Waals surface area contributed by atoms with Gasteiger partial charge in [0.2, 0.25) is 0 Å². The number of carbonyl (C=O) groups is 3. The Morgan fingerprint density at radius 1 is 0.365 bits per heavy atom. The van der Waals surface area contributed by atoms with Gasteiger partial charge in [0.05, 0.1) is 0 Å². The number of hydrogen-bond acceptors (Lipinski definition) is 6. The maximum absolute atomic E-state index is 12.7. The molecule has 0 aliphatic carbocycles. The monoisotopic (exact) mass is 735 g/mol. The fourth-order valence-electron chi connectivity index (χ4n) is 6.54. The molecule has 0 bridgehead atoms. The molecule has 0 amide bonds. The molecule has 0 aliphatic rings. The lowest BCUT2D eigenvalue weighted by Crippen LogP contribution is -2.30. The zero-order valence-corrected chi connectivity index (χ0v) is 34.8. The molecule has 0 aromatic heterocycles. The summed E-state index contributed by atoms with van der Waals surface area (Å²) in [6.45, 7) is 6.58. The molecular weight excluding hydrogens is 648 g/mol. The van der Waals surface area contributed by atoms with Gasteiger partial charge >= 0.3 is 17.9 Å². The molecule has 0 unspecified atom stereocenters. The molecule has 0 aromatic carbocycles. The number of hydrogen-bond donors (Lipinski definition) is 0. The average molecular weight is 735 g/mol. The first kappa shape index (κ1) is 50.1. The second kappa shape index (κ2) is 41.9. The summed E-state index contributed by atoms with van der Waals surface area (Å²) in [6, 6.07) is 0. The largest absolute Gasteiger partial charge is 0.462 e. The predicted octanol–water partition coefficient (Wildman–Crippen LogP) is 14.3. The van der Waals surface area contributed by atoms with Gasteiger partial charge in [0, 0.05) is 19.3 Å². The van der Waals surface area contributed by atoms with Gasteiger partial charge in [-0.05, 0) is 38.5 Å². The predicted molar refractivity (Wildman–Crippen MR) is 220 cm³/mol. The Balaban J connectivity index is 4.31. The van der Waals surface area contributed by atoms with E-state index in [9.17, 15) is 14.4 Å². The quantitative estimate of drug-likeness (QED) is 0.0269. The van der Waals surface area contributed by atoms with Gasteiger partial charge < -0.3 is 14.2 Å². The van der Waals surface area contributed by atoms with E-state index in [1.54, 1.807) is 0 Å². The van der Waals surface area contributed by atoms with Crippen molar-refractivity contribution in [3.63, 3.8) is 0 Å². The summed E-state index contributed by atoms with van der Waals surface area (Å²) >= 11 is 0. The molecule has 0 radical (unpaired) electrons. The average Bonchev–Trinajstić information content (AvgIpc) is 3.14. The molecule has 0 N–H and O–H groups in total. The minimum Gasteiger partial charge on any atom is -0.462 e. The zero-order valence-electron chi connectivity index (χ0n) is 34.8. The van der Waals surface area contributed by atoms with Gasteiger partial charge in [0.25, 0.3) is 0 Å². The maximum atomic E-state index is 12.7. The molecule has 6 nitrogen and oxygen atoms in total. The SMILES string of the molecule is CCCC/C=C\CCCCCCCC(=O)O[C@H](COC(=O)CCCCCCCCCCC)COC(=O)CCCCCCCCCCCCCCCC. The van der Waals surface area contributed by atoms with E-state index >= 15 is 0 Å². The number of ether oxygens (including phenoxy) is 3. The van der Waals surface area contributed by atoms with Crippen LogP contribution in [0.2, 0.25) is 0 Å². The lowest BCUT2D eigenvalue weighted by Gasteiger charge is -2.18. The lowest BCUT2D eigenvalue weighted by atomic mass is 10.0. The van der Waals surface area contributed by atoms with Crippen molar-refractivity contribution in [2.24, 2.45) is 0 Å². The van der Waals surface area contributed by atoms with Crippen molar-refractivity contribution in [3.8, 4) is 0 Å². The third-order valence-corrected chi connectivity index (χ3v) is 10.0. The molecule has 0 rings (SSSR count). The third kappa shape index (κ3) is 39.4. The highest BCUT2D eigenvalue weighted by molar-refractivity contribution is 5.71. The Morgan fingerprint density at radius 2 is 0.654 bits per heavy atom. The summed E-state index contributed by atoms with van der Waals surface area (Å²) in [5.41, 5.74) is 0. The first-order valence-corrected chi connectivity index (χ1v) is 22.7. The molecule has 6 heteroatoms. The van der Waals surface area contributed by atoms with Crippen LogP contribution in [0.4, 0.5) is 0 Å². The molecule has 52 heavy (non-hydrogen) atoms. The molecule has 1 atom stereocenters. The standard InChI is InChI=1S/C46H86O6/c1-4-7-10-13-16-19-21-22-23-25-27-30-33-36-39-45(48)51-42-43(41-50-44(47)38-35-32-29-26-18-15-12-9-6-3)52-46(49)40-37-34-31-28-24-20-17-14-11-8-5-2/h14,17,43H,4-13,15-16,18-42H2,1-3H3/b17-14-/t43-/m1/s1. The van der Waals surface area contributed by atoms with Gasteiger partial charge in [-0.25, -0.2) is 0 Å². The van der Waals surface area contributed by atoms with Gasteiger partial charge in [0.15, 0.2) is 6.10 Å². The van der Waals surface area contributed by atoms with Gasteiger partial charge in [-0.3, -0.25) is 14.4 Å². The molecule has 306 valence electrons. The highest BCUT2D eigenvalue weighted by Gasteiger charge is 2.19. The topological polar surface area (TPSA) is 78.9 Å². The van der Waals surface area contributed by atoms with Crippen molar-refractivity contribution in [3.05, 3.63) is 12.2 Å². The molecule has 0 saturated heterocycles. The van der Waals surface area contributed by atoms with Gasteiger partial charge in [-0.2, -0.15) is 0 Å². The molecular formula is C46H86O6. The Bertz CT molecular complexity index is 809. The Morgan fingerprint density at radius 3 is 1.02 bits per heavy atom. The fourth-order valence-corrected chi connectivity index (χ4v) is 6.54. The van der Waals surface area contributed by atoms with Crippen LogP contribution in [0.5, 0.6) is 0 Å². The van der Waals surface area contributed by atoms with Crippen molar-refractivity contribution in [1.29, 1.82) is 0 Å². The maximum Gasteiger partial charge on any atom is 0.306 e. The summed E-state index contributed by atoms with van der Waals surface area (Å²) in [7, 11) is 0. The Kier molecular flexibility index (Phi) is 40.4. The molecule has 0 fully saturated rings. The van der Waals surface area contributed by atoms with Crippen LogP contribution in [0.25, 0.3) is 0 Å². The van der Waals surface area contributed by atoms with Crippen LogP contribution in [-0.2, 0) is 28.6 Å². The van der Waals surface area contributed by atoms with Crippen LogP contribution in [0.15, 0.2) is 12.2 Å².